The van der Waals surface area contributed by atoms with Crippen molar-refractivity contribution in [2.75, 3.05) is 0 Å². The van der Waals surface area contributed by atoms with Gasteiger partial charge in [-0.25, -0.2) is 0 Å². The molecular formula is C28H57Pb. The summed E-state index contributed by atoms with van der Waals surface area (Å²) >= 11 is 1.42. The molecule has 173 valence electrons. The topological polar surface area (TPSA) is 0 Å². The molecule has 3 radical (unpaired) electrons. The Bertz CT molecular complexity index is 295. The number of hydrogen-bond acceptors (Lipinski definition) is 0. The van der Waals surface area contributed by atoms with E-state index in [-0.39, 0.29) is 0 Å². The molecule has 0 aromatic heterocycles. The maximum absolute atomic E-state index is 2.50. The van der Waals surface area contributed by atoms with Crippen LogP contribution in [0.4, 0.5) is 0 Å². The van der Waals surface area contributed by atoms with Gasteiger partial charge < -0.3 is 0 Å². The summed E-state index contributed by atoms with van der Waals surface area (Å²) in [6.45, 7) is 9.49. The van der Waals surface area contributed by atoms with Gasteiger partial charge >= 0.3 is 204 Å². The van der Waals surface area contributed by atoms with Gasteiger partial charge in [0.15, 0.2) is 0 Å². The summed E-state index contributed by atoms with van der Waals surface area (Å²) in [5, 5.41) is 0. The van der Waals surface area contributed by atoms with Gasteiger partial charge in [-0.1, -0.05) is 0 Å². The Balaban J connectivity index is 4.45. The van der Waals surface area contributed by atoms with Crippen molar-refractivity contribution in [3.63, 3.8) is 0 Å². The van der Waals surface area contributed by atoms with Gasteiger partial charge in [0.2, 0.25) is 0 Å². The first-order valence-electron chi connectivity index (χ1n) is 13.9. The Labute approximate surface area is 202 Å². The third-order valence-electron chi connectivity index (χ3n) is 7.13. The SMILES string of the molecule is CCCCCCCCC(CC)[C]([Pb])(CCCCCCCC)CCCCCCCC. The molecule has 0 aliphatic carbocycles. The third kappa shape index (κ3) is 17.2. The van der Waals surface area contributed by atoms with Gasteiger partial charge in [-0.3, -0.25) is 0 Å². The Hall–Kier alpha value is 0.922. The van der Waals surface area contributed by atoms with Crippen molar-refractivity contribution in [2.24, 2.45) is 5.92 Å². The molecule has 1 unspecified atom stereocenters. The van der Waals surface area contributed by atoms with Crippen molar-refractivity contribution in [3.05, 3.63) is 0 Å². The first-order chi connectivity index (χ1) is 14.1. The second-order valence-electron chi connectivity index (χ2n) is 9.85. The summed E-state index contributed by atoms with van der Waals surface area (Å²) in [6, 6.07) is 0. The molecule has 0 saturated carbocycles. The molecular weight excluding hydrogens is 544 g/mol. The van der Waals surface area contributed by atoms with Crippen LogP contribution < -0.4 is 0 Å². The van der Waals surface area contributed by atoms with E-state index >= 15 is 0 Å². The van der Waals surface area contributed by atoms with E-state index in [0.29, 0.717) is 0 Å². The van der Waals surface area contributed by atoms with Crippen LogP contribution in [0.3, 0.4) is 0 Å². The van der Waals surface area contributed by atoms with E-state index in [1.165, 1.54) is 154 Å². The van der Waals surface area contributed by atoms with Crippen LogP contribution in [0.2, 0.25) is 2.97 Å². The van der Waals surface area contributed by atoms with Crippen molar-refractivity contribution in [3.8, 4) is 0 Å². The van der Waals surface area contributed by atoms with Crippen LogP contribution in [-0.2, 0) is 0 Å². The first-order valence-corrected chi connectivity index (χ1v) is 15.8. The molecule has 0 amide bonds. The summed E-state index contributed by atoms with van der Waals surface area (Å²) in [5.74, 6) is 1.02. The van der Waals surface area contributed by atoms with Crippen molar-refractivity contribution in [2.45, 2.75) is 172 Å². The van der Waals surface area contributed by atoms with Crippen molar-refractivity contribution in [1.29, 1.82) is 0 Å². The van der Waals surface area contributed by atoms with Crippen LogP contribution in [0.15, 0.2) is 0 Å². The van der Waals surface area contributed by atoms with Crippen molar-refractivity contribution < 1.29 is 0 Å². The summed E-state index contributed by atoms with van der Waals surface area (Å²) < 4.78 is 0.744. The summed E-state index contributed by atoms with van der Waals surface area (Å²) in [7, 11) is 0. The van der Waals surface area contributed by atoms with E-state index < -0.39 is 0 Å². The molecule has 1 heteroatoms. The van der Waals surface area contributed by atoms with Crippen LogP contribution in [0.1, 0.15) is 169 Å². The minimum absolute atomic E-state index is 0.744. The van der Waals surface area contributed by atoms with Crippen LogP contribution >= 0.6 is 0 Å². The molecule has 1 atom stereocenters. The molecule has 29 heavy (non-hydrogen) atoms. The normalized spacial score (nSPS) is 13.1. The molecule has 0 N–H and O–H groups in total. The molecule has 0 aliphatic heterocycles. The molecule has 0 aromatic carbocycles. The summed E-state index contributed by atoms with van der Waals surface area (Å²) in [5.41, 5.74) is 0. The third-order valence-corrected chi connectivity index (χ3v) is 10.7. The predicted molar refractivity (Wildman–Crippen MR) is 136 cm³/mol. The van der Waals surface area contributed by atoms with Crippen LogP contribution in [0.25, 0.3) is 0 Å². The van der Waals surface area contributed by atoms with E-state index in [2.05, 4.69) is 27.7 Å². The average Bonchev–Trinajstić information content (AvgIpc) is 2.72. The molecule has 0 bridgehead atoms. The number of hydrogen-bond donors (Lipinski definition) is 0. The van der Waals surface area contributed by atoms with Crippen molar-refractivity contribution >= 4 is 25.8 Å². The van der Waals surface area contributed by atoms with E-state index in [9.17, 15) is 0 Å². The zero-order valence-electron chi connectivity index (χ0n) is 21.1. The summed E-state index contributed by atoms with van der Waals surface area (Å²) in [4.78, 5) is 0. The van der Waals surface area contributed by atoms with Gasteiger partial charge in [0, 0.05) is 0 Å². The molecule has 0 aromatic rings. The van der Waals surface area contributed by atoms with E-state index in [1.807, 2.05) is 0 Å². The minimum atomic E-state index is 0.744. The molecule has 0 nitrogen and oxygen atoms in total. The van der Waals surface area contributed by atoms with E-state index in [1.54, 1.807) is 12.8 Å². The van der Waals surface area contributed by atoms with Crippen molar-refractivity contribution in [1.82, 2.24) is 0 Å². The second kappa shape index (κ2) is 22.1. The monoisotopic (exact) mass is 601 g/mol. The molecule has 0 aliphatic rings. The van der Waals surface area contributed by atoms with Crippen LogP contribution in [-0.4, -0.2) is 25.8 Å². The molecule has 0 heterocycles. The molecule has 0 fully saturated rings. The summed E-state index contributed by atoms with van der Waals surface area (Å²) in [6.07, 6.45) is 32.4. The fraction of sp³-hybridized carbons (Fsp3) is 1.00. The predicted octanol–water partition coefficient (Wildman–Crippen LogP) is 10.6. The van der Waals surface area contributed by atoms with E-state index in [0.717, 1.165) is 8.89 Å². The Morgan fingerprint density at radius 1 is 0.483 bits per heavy atom. The van der Waals surface area contributed by atoms with Gasteiger partial charge in [0.05, 0.1) is 0 Å². The van der Waals surface area contributed by atoms with Crippen LogP contribution in [0, 0.1) is 5.92 Å². The maximum atomic E-state index is 2.50. The zero-order valence-corrected chi connectivity index (χ0v) is 25.0. The number of unbranched alkanes of at least 4 members (excludes halogenated alkanes) is 15. The van der Waals surface area contributed by atoms with Crippen LogP contribution in [0.5, 0.6) is 0 Å². The molecule has 0 spiro atoms. The van der Waals surface area contributed by atoms with Gasteiger partial charge in [-0.05, 0) is 0 Å². The van der Waals surface area contributed by atoms with Gasteiger partial charge in [-0.2, -0.15) is 0 Å². The Morgan fingerprint density at radius 3 is 1.21 bits per heavy atom. The zero-order chi connectivity index (χ0) is 21.6. The van der Waals surface area contributed by atoms with Gasteiger partial charge in [0.1, 0.15) is 0 Å². The fourth-order valence-corrected chi connectivity index (χ4v) is 7.75. The molecule has 0 saturated heterocycles. The average molecular weight is 601 g/mol. The number of rotatable bonds is 23. The van der Waals surface area contributed by atoms with Gasteiger partial charge in [-0.15, -0.1) is 0 Å². The first kappa shape index (κ1) is 29.9. The second-order valence-corrected chi connectivity index (χ2v) is 13.7. The molecule has 0 rings (SSSR count). The fourth-order valence-electron chi connectivity index (χ4n) is 5.02. The Morgan fingerprint density at radius 2 is 0.828 bits per heavy atom. The quantitative estimate of drug-likeness (QED) is 0.0808. The standard InChI is InChI=1S/C28H57.Pb/c1-5-9-12-15-18-21-24-27(8-4)28(25-22-19-16-13-10-6-2)26-23-20-17-14-11-7-3;/h27H,5-26H2,1-4H3;. The Kier molecular flexibility index (Phi) is 22.8. The van der Waals surface area contributed by atoms with Gasteiger partial charge in [0.25, 0.3) is 0 Å². The van der Waals surface area contributed by atoms with E-state index in [4.69, 9.17) is 0 Å².